The van der Waals surface area contributed by atoms with Gasteiger partial charge in [0.05, 0.1) is 12.8 Å². The number of para-hydroxylation sites is 2. The Hall–Kier alpha value is -3.60. The van der Waals surface area contributed by atoms with Crippen molar-refractivity contribution < 1.29 is 14.3 Å². The van der Waals surface area contributed by atoms with Gasteiger partial charge in [-0.2, -0.15) is 0 Å². The number of anilines is 2. The molecular weight excluding hydrogens is 376 g/mol. The van der Waals surface area contributed by atoms with Gasteiger partial charge in [-0.05, 0) is 48.7 Å². The van der Waals surface area contributed by atoms with Gasteiger partial charge in [0.15, 0.2) is 0 Å². The van der Waals surface area contributed by atoms with Crippen LogP contribution in [-0.4, -0.2) is 25.5 Å². The van der Waals surface area contributed by atoms with E-state index in [1.165, 1.54) is 0 Å². The number of amides is 2. The average molecular weight is 400 g/mol. The van der Waals surface area contributed by atoms with Gasteiger partial charge in [-0.25, -0.2) is 0 Å². The molecule has 3 aromatic carbocycles. The van der Waals surface area contributed by atoms with Crippen molar-refractivity contribution >= 4 is 23.2 Å². The maximum atomic E-state index is 13.8. The van der Waals surface area contributed by atoms with E-state index in [4.69, 9.17) is 4.74 Å². The van der Waals surface area contributed by atoms with Gasteiger partial charge in [-0.3, -0.25) is 14.5 Å². The number of ether oxygens (including phenoxy) is 1. The van der Waals surface area contributed by atoms with Crippen LogP contribution < -0.4 is 14.5 Å². The number of methoxy groups -OCH3 is 1. The van der Waals surface area contributed by atoms with E-state index in [2.05, 4.69) is 0 Å². The van der Waals surface area contributed by atoms with Crippen LogP contribution in [0.5, 0.6) is 5.75 Å². The quantitative estimate of drug-likeness (QED) is 0.651. The van der Waals surface area contributed by atoms with Crippen molar-refractivity contribution in [2.45, 2.75) is 19.9 Å². The number of hydrogen-bond donors (Lipinski definition) is 0. The minimum atomic E-state index is -0.774. The first-order valence-corrected chi connectivity index (χ1v) is 9.90. The molecular formula is C25H24N2O3. The summed E-state index contributed by atoms with van der Waals surface area (Å²) in [4.78, 5) is 30.4. The molecule has 30 heavy (non-hydrogen) atoms. The fourth-order valence-corrected chi connectivity index (χ4v) is 3.95. The van der Waals surface area contributed by atoms with Crippen LogP contribution >= 0.6 is 0 Å². The third kappa shape index (κ3) is 3.32. The lowest BCUT2D eigenvalue weighted by atomic mass is 9.98. The van der Waals surface area contributed by atoms with E-state index in [0.29, 0.717) is 11.4 Å². The first-order valence-electron chi connectivity index (χ1n) is 9.90. The molecule has 0 aliphatic carbocycles. The SMILES string of the molecule is COc1ccccc1N1C(=O)CN(c2cccc(C)c2C)C(=O)[C@@H]1c1ccccc1. The predicted octanol–water partition coefficient (Wildman–Crippen LogP) is 4.43. The summed E-state index contributed by atoms with van der Waals surface area (Å²) >= 11 is 0. The van der Waals surface area contributed by atoms with Gasteiger partial charge in [-0.15, -0.1) is 0 Å². The molecule has 1 aliphatic heterocycles. The van der Waals surface area contributed by atoms with Gasteiger partial charge in [0, 0.05) is 5.69 Å². The summed E-state index contributed by atoms with van der Waals surface area (Å²) < 4.78 is 5.49. The maximum Gasteiger partial charge on any atom is 0.255 e. The summed E-state index contributed by atoms with van der Waals surface area (Å²) in [6.45, 7) is 3.96. The van der Waals surface area contributed by atoms with Gasteiger partial charge in [0.2, 0.25) is 5.91 Å². The lowest BCUT2D eigenvalue weighted by Crippen LogP contribution is -2.56. The van der Waals surface area contributed by atoms with Crippen LogP contribution in [-0.2, 0) is 9.59 Å². The molecule has 0 radical (unpaired) electrons. The Balaban J connectivity index is 1.86. The van der Waals surface area contributed by atoms with E-state index < -0.39 is 6.04 Å². The molecule has 1 aliphatic rings. The van der Waals surface area contributed by atoms with Gasteiger partial charge in [0.25, 0.3) is 5.91 Å². The third-order valence-electron chi connectivity index (χ3n) is 5.65. The Morgan fingerprint density at radius 2 is 1.50 bits per heavy atom. The number of nitrogens with zero attached hydrogens (tertiary/aromatic N) is 2. The van der Waals surface area contributed by atoms with E-state index >= 15 is 0 Å². The molecule has 1 atom stereocenters. The number of carbonyl (C=O) groups excluding carboxylic acids is 2. The molecule has 0 aromatic heterocycles. The second-order valence-corrected chi connectivity index (χ2v) is 7.39. The fourth-order valence-electron chi connectivity index (χ4n) is 3.95. The van der Waals surface area contributed by atoms with Crippen LogP contribution in [0.1, 0.15) is 22.7 Å². The second kappa shape index (κ2) is 8.03. The highest BCUT2D eigenvalue weighted by Crippen LogP contribution is 2.39. The van der Waals surface area contributed by atoms with Crippen LogP contribution in [0.4, 0.5) is 11.4 Å². The zero-order chi connectivity index (χ0) is 21.3. The molecule has 5 nitrogen and oxygen atoms in total. The molecule has 0 spiro atoms. The monoisotopic (exact) mass is 400 g/mol. The second-order valence-electron chi connectivity index (χ2n) is 7.39. The summed E-state index contributed by atoms with van der Waals surface area (Å²) in [6, 6.07) is 21.8. The van der Waals surface area contributed by atoms with Crippen molar-refractivity contribution in [1.29, 1.82) is 0 Å². The number of hydrogen-bond acceptors (Lipinski definition) is 3. The smallest absolute Gasteiger partial charge is 0.255 e. The predicted molar refractivity (Wildman–Crippen MR) is 118 cm³/mol. The normalized spacial score (nSPS) is 16.7. The number of aryl methyl sites for hydroxylation is 1. The van der Waals surface area contributed by atoms with Crippen LogP contribution in [0.3, 0.4) is 0 Å². The molecule has 2 amide bonds. The first kappa shape index (κ1) is 19.7. The Labute approximate surface area is 176 Å². The van der Waals surface area contributed by atoms with Gasteiger partial charge in [0.1, 0.15) is 18.3 Å². The molecule has 3 aromatic rings. The van der Waals surface area contributed by atoms with E-state index in [0.717, 1.165) is 22.4 Å². The van der Waals surface area contributed by atoms with Gasteiger partial charge < -0.3 is 9.64 Å². The summed E-state index contributed by atoms with van der Waals surface area (Å²) in [7, 11) is 1.56. The zero-order valence-electron chi connectivity index (χ0n) is 17.3. The third-order valence-corrected chi connectivity index (χ3v) is 5.65. The largest absolute Gasteiger partial charge is 0.495 e. The standard InChI is InChI=1S/C25H24N2O3/c1-17-10-9-14-20(18(17)2)26-16-23(28)27(21-13-7-8-15-22(21)30-3)24(25(26)29)19-11-5-4-6-12-19/h4-15,24H,16H2,1-3H3/t24-/m0/s1. The molecule has 0 N–H and O–H groups in total. The molecule has 0 saturated carbocycles. The highest BCUT2D eigenvalue weighted by Gasteiger charge is 2.43. The Morgan fingerprint density at radius 1 is 0.833 bits per heavy atom. The minimum absolute atomic E-state index is 0.0233. The highest BCUT2D eigenvalue weighted by molar-refractivity contribution is 6.15. The average Bonchev–Trinajstić information content (AvgIpc) is 2.77. The van der Waals surface area contributed by atoms with E-state index in [1.807, 2.05) is 80.6 Å². The molecule has 1 saturated heterocycles. The Morgan fingerprint density at radius 3 is 2.23 bits per heavy atom. The topological polar surface area (TPSA) is 49.9 Å². The molecule has 152 valence electrons. The number of benzene rings is 3. The van der Waals surface area contributed by atoms with Crippen molar-refractivity contribution in [1.82, 2.24) is 0 Å². The van der Waals surface area contributed by atoms with E-state index in [-0.39, 0.29) is 18.4 Å². The van der Waals surface area contributed by atoms with Gasteiger partial charge in [-0.1, -0.05) is 54.6 Å². The van der Waals surface area contributed by atoms with Crippen LogP contribution in [0.25, 0.3) is 0 Å². The Bertz CT molecular complexity index is 1090. The molecule has 0 unspecified atom stereocenters. The highest BCUT2D eigenvalue weighted by atomic mass is 16.5. The van der Waals surface area contributed by atoms with Crippen molar-refractivity contribution in [3.8, 4) is 5.75 Å². The van der Waals surface area contributed by atoms with Crippen molar-refractivity contribution in [3.63, 3.8) is 0 Å². The van der Waals surface area contributed by atoms with Crippen molar-refractivity contribution in [2.75, 3.05) is 23.5 Å². The van der Waals surface area contributed by atoms with Crippen LogP contribution in [0, 0.1) is 13.8 Å². The maximum absolute atomic E-state index is 13.8. The number of piperazine rings is 1. The Kier molecular flexibility index (Phi) is 5.27. The molecule has 4 rings (SSSR count). The van der Waals surface area contributed by atoms with E-state index in [1.54, 1.807) is 23.0 Å². The minimum Gasteiger partial charge on any atom is -0.495 e. The van der Waals surface area contributed by atoms with E-state index in [9.17, 15) is 9.59 Å². The zero-order valence-corrected chi connectivity index (χ0v) is 17.3. The summed E-state index contributed by atoms with van der Waals surface area (Å²) in [6.07, 6.45) is 0. The van der Waals surface area contributed by atoms with Crippen LogP contribution in [0.2, 0.25) is 0 Å². The number of carbonyl (C=O) groups is 2. The lowest BCUT2D eigenvalue weighted by Gasteiger charge is -2.41. The van der Waals surface area contributed by atoms with Crippen molar-refractivity contribution in [3.05, 3.63) is 89.5 Å². The first-order chi connectivity index (χ1) is 14.5. The summed E-state index contributed by atoms with van der Waals surface area (Å²) in [5.74, 6) is 0.258. The van der Waals surface area contributed by atoms with Gasteiger partial charge >= 0.3 is 0 Å². The number of rotatable bonds is 4. The molecule has 1 fully saturated rings. The fraction of sp³-hybridized carbons (Fsp3) is 0.200. The molecule has 1 heterocycles. The van der Waals surface area contributed by atoms with Crippen molar-refractivity contribution in [2.24, 2.45) is 0 Å². The lowest BCUT2D eigenvalue weighted by molar-refractivity contribution is -0.128. The molecule has 0 bridgehead atoms. The summed E-state index contributed by atoms with van der Waals surface area (Å²) in [5, 5.41) is 0. The summed E-state index contributed by atoms with van der Waals surface area (Å²) in [5.41, 5.74) is 4.20. The molecule has 5 heteroatoms. The van der Waals surface area contributed by atoms with Crippen LogP contribution in [0.15, 0.2) is 72.8 Å².